The standard InChI is InChI=1S/C15H24FN3.HI/c1-5-17-14(19-15(2,3)4)18-10-9-12-7-6-8-13(16)11-12;/h6-8,11H,5,9-10H2,1-4H3,(H2,17,18,19);1H. The zero-order valence-corrected chi connectivity index (χ0v) is 15.0. The van der Waals surface area contributed by atoms with E-state index in [-0.39, 0.29) is 35.3 Å². The Bertz CT molecular complexity index is 427. The van der Waals surface area contributed by atoms with Crippen LogP contribution in [0.4, 0.5) is 4.39 Å². The highest BCUT2D eigenvalue weighted by molar-refractivity contribution is 14.0. The summed E-state index contributed by atoms with van der Waals surface area (Å²) in [6.07, 6.45) is 0.735. The molecule has 0 fully saturated rings. The summed E-state index contributed by atoms with van der Waals surface area (Å²) < 4.78 is 13.0. The summed E-state index contributed by atoms with van der Waals surface area (Å²) in [6.45, 7) is 9.76. The molecular weight excluding hydrogens is 368 g/mol. The van der Waals surface area contributed by atoms with E-state index in [9.17, 15) is 4.39 Å². The molecule has 0 bridgehead atoms. The first-order valence-electron chi connectivity index (χ1n) is 6.71. The molecule has 2 N–H and O–H groups in total. The van der Waals surface area contributed by atoms with E-state index in [2.05, 4.69) is 36.4 Å². The Morgan fingerprint density at radius 1 is 1.30 bits per heavy atom. The Hall–Kier alpha value is -0.850. The second-order valence-electron chi connectivity index (χ2n) is 5.52. The predicted octanol–water partition coefficient (Wildman–Crippen LogP) is 3.34. The van der Waals surface area contributed by atoms with Crippen molar-refractivity contribution in [2.75, 3.05) is 13.1 Å². The highest BCUT2D eigenvalue weighted by Crippen LogP contribution is 2.04. The van der Waals surface area contributed by atoms with Crippen molar-refractivity contribution in [2.45, 2.75) is 39.7 Å². The van der Waals surface area contributed by atoms with Crippen LogP contribution in [0.2, 0.25) is 0 Å². The van der Waals surface area contributed by atoms with E-state index < -0.39 is 0 Å². The minimum atomic E-state index is -0.193. The van der Waals surface area contributed by atoms with Crippen molar-refractivity contribution < 1.29 is 4.39 Å². The van der Waals surface area contributed by atoms with Crippen molar-refractivity contribution in [2.24, 2.45) is 4.99 Å². The first kappa shape index (κ1) is 19.1. The van der Waals surface area contributed by atoms with Gasteiger partial charge in [-0.05, 0) is 51.8 Å². The Kier molecular flexibility index (Phi) is 8.76. The lowest BCUT2D eigenvalue weighted by Crippen LogP contribution is -2.47. The Labute approximate surface area is 138 Å². The van der Waals surface area contributed by atoms with Crippen molar-refractivity contribution in [3.63, 3.8) is 0 Å². The molecule has 1 aromatic rings. The SMILES string of the molecule is CCNC(=NCCc1cccc(F)c1)NC(C)(C)C.I. The number of aliphatic imine (C=N–C) groups is 1. The molecule has 0 aromatic heterocycles. The van der Waals surface area contributed by atoms with Crippen LogP contribution >= 0.6 is 24.0 Å². The summed E-state index contributed by atoms with van der Waals surface area (Å²) in [4.78, 5) is 4.50. The number of nitrogens with zero attached hydrogens (tertiary/aromatic N) is 1. The average Bonchev–Trinajstić information content (AvgIpc) is 2.27. The van der Waals surface area contributed by atoms with Crippen molar-refractivity contribution in [3.05, 3.63) is 35.6 Å². The summed E-state index contributed by atoms with van der Waals surface area (Å²) in [5.41, 5.74) is 0.940. The topological polar surface area (TPSA) is 36.4 Å². The normalized spacial score (nSPS) is 11.8. The lowest BCUT2D eigenvalue weighted by atomic mass is 10.1. The Balaban J connectivity index is 0.00000361. The molecule has 0 aliphatic rings. The quantitative estimate of drug-likeness (QED) is 0.468. The molecule has 0 unspecified atom stereocenters. The van der Waals surface area contributed by atoms with Gasteiger partial charge < -0.3 is 10.6 Å². The van der Waals surface area contributed by atoms with Gasteiger partial charge in [-0.2, -0.15) is 0 Å². The average molecular weight is 393 g/mol. The molecule has 114 valence electrons. The van der Waals surface area contributed by atoms with E-state index in [1.165, 1.54) is 6.07 Å². The third-order valence-corrected chi connectivity index (χ3v) is 2.40. The van der Waals surface area contributed by atoms with Gasteiger partial charge in [0.1, 0.15) is 5.82 Å². The molecule has 1 rings (SSSR count). The largest absolute Gasteiger partial charge is 0.357 e. The lowest BCUT2D eigenvalue weighted by molar-refractivity contribution is 0.501. The molecule has 5 heteroatoms. The van der Waals surface area contributed by atoms with Gasteiger partial charge in [-0.1, -0.05) is 12.1 Å². The van der Waals surface area contributed by atoms with Crippen LogP contribution in [-0.2, 0) is 6.42 Å². The molecule has 0 heterocycles. The first-order valence-corrected chi connectivity index (χ1v) is 6.71. The lowest BCUT2D eigenvalue weighted by Gasteiger charge is -2.23. The second-order valence-corrected chi connectivity index (χ2v) is 5.52. The number of hydrogen-bond acceptors (Lipinski definition) is 1. The van der Waals surface area contributed by atoms with E-state index in [0.717, 1.165) is 24.5 Å². The van der Waals surface area contributed by atoms with Gasteiger partial charge in [-0.25, -0.2) is 4.39 Å². The number of benzene rings is 1. The summed E-state index contributed by atoms with van der Waals surface area (Å²) in [7, 11) is 0. The number of guanidine groups is 1. The molecule has 0 aliphatic carbocycles. The van der Waals surface area contributed by atoms with Gasteiger partial charge in [0.15, 0.2) is 5.96 Å². The molecule has 20 heavy (non-hydrogen) atoms. The third kappa shape index (κ3) is 8.35. The van der Waals surface area contributed by atoms with E-state index in [4.69, 9.17) is 0 Å². The highest BCUT2D eigenvalue weighted by Gasteiger charge is 2.11. The van der Waals surface area contributed by atoms with Gasteiger partial charge in [-0.3, -0.25) is 4.99 Å². The van der Waals surface area contributed by atoms with Gasteiger partial charge in [0, 0.05) is 18.6 Å². The smallest absolute Gasteiger partial charge is 0.191 e. The van der Waals surface area contributed by atoms with E-state index >= 15 is 0 Å². The van der Waals surface area contributed by atoms with Gasteiger partial charge in [0.2, 0.25) is 0 Å². The fraction of sp³-hybridized carbons (Fsp3) is 0.533. The molecule has 0 saturated heterocycles. The molecule has 0 atom stereocenters. The maximum Gasteiger partial charge on any atom is 0.191 e. The van der Waals surface area contributed by atoms with E-state index in [1.807, 2.05) is 13.0 Å². The molecule has 0 spiro atoms. The van der Waals surface area contributed by atoms with Crippen molar-refractivity contribution >= 4 is 29.9 Å². The number of hydrogen-bond donors (Lipinski definition) is 2. The summed E-state index contributed by atoms with van der Waals surface area (Å²) >= 11 is 0. The maximum atomic E-state index is 13.0. The monoisotopic (exact) mass is 393 g/mol. The molecular formula is C15H25FIN3. The number of rotatable bonds is 4. The minimum absolute atomic E-state index is 0. The van der Waals surface area contributed by atoms with Crippen LogP contribution in [0.15, 0.2) is 29.3 Å². The summed E-state index contributed by atoms with van der Waals surface area (Å²) in [6, 6.07) is 6.66. The number of halogens is 2. The second kappa shape index (κ2) is 9.15. The van der Waals surface area contributed by atoms with Crippen molar-refractivity contribution in [3.8, 4) is 0 Å². The fourth-order valence-corrected chi connectivity index (χ4v) is 1.65. The highest BCUT2D eigenvalue weighted by atomic mass is 127. The molecule has 0 aliphatic heterocycles. The van der Waals surface area contributed by atoms with Gasteiger partial charge in [0.25, 0.3) is 0 Å². The van der Waals surface area contributed by atoms with Crippen LogP contribution in [0.1, 0.15) is 33.3 Å². The molecule has 0 radical (unpaired) electrons. The van der Waals surface area contributed by atoms with Crippen molar-refractivity contribution in [1.29, 1.82) is 0 Å². The van der Waals surface area contributed by atoms with Crippen LogP contribution in [-0.4, -0.2) is 24.6 Å². The van der Waals surface area contributed by atoms with Crippen LogP contribution < -0.4 is 10.6 Å². The zero-order valence-electron chi connectivity index (χ0n) is 12.7. The Morgan fingerprint density at radius 3 is 2.55 bits per heavy atom. The van der Waals surface area contributed by atoms with Gasteiger partial charge in [0.05, 0.1) is 0 Å². The summed E-state index contributed by atoms with van der Waals surface area (Å²) in [5.74, 6) is 0.604. The van der Waals surface area contributed by atoms with Crippen LogP contribution in [0, 0.1) is 5.82 Å². The van der Waals surface area contributed by atoms with Crippen LogP contribution in [0.25, 0.3) is 0 Å². The minimum Gasteiger partial charge on any atom is -0.357 e. The van der Waals surface area contributed by atoms with E-state index in [1.54, 1.807) is 12.1 Å². The van der Waals surface area contributed by atoms with Crippen LogP contribution in [0.3, 0.4) is 0 Å². The maximum absolute atomic E-state index is 13.0. The third-order valence-electron chi connectivity index (χ3n) is 2.40. The molecule has 0 saturated carbocycles. The summed E-state index contributed by atoms with van der Waals surface area (Å²) in [5, 5.41) is 6.52. The Morgan fingerprint density at radius 2 is 2.00 bits per heavy atom. The number of nitrogens with one attached hydrogen (secondary N) is 2. The molecule has 3 nitrogen and oxygen atoms in total. The first-order chi connectivity index (χ1) is 8.90. The van der Waals surface area contributed by atoms with Crippen molar-refractivity contribution in [1.82, 2.24) is 10.6 Å². The van der Waals surface area contributed by atoms with Crippen LogP contribution in [0.5, 0.6) is 0 Å². The molecule has 0 amide bonds. The van der Waals surface area contributed by atoms with Gasteiger partial charge in [-0.15, -0.1) is 24.0 Å². The fourth-order valence-electron chi connectivity index (χ4n) is 1.65. The molecule has 1 aromatic carbocycles. The van der Waals surface area contributed by atoms with E-state index in [0.29, 0.717) is 6.54 Å². The zero-order chi connectivity index (χ0) is 14.3. The predicted molar refractivity (Wildman–Crippen MR) is 94.4 cm³/mol. The van der Waals surface area contributed by atoms with Gasteiger partial charge >= 0.3 is 0 Å².